The minimum absolute atomic E-state index is 0.138. The predicted molar refractivity (Wildman–Crippen MR) is 112 cm³/mol. The number of carbonyl (C=O) groups excluding carboxylic acids is 1. The SMILES string of the molecule is Cc1csc(CCCCNC(=O)c2cc([N+](=O)[O-])ccc2Oc2ccccc2)n1. The van der Waals surface area contributed by atoms with Gasteiger partial charge in [-0.3, -0.25) is 14.9 Å². The van der Waals surface area contributed by atoms with Gasteiger partial charge in [0, 0.05) is 29.8 Å². The van der Waals surface area contributed by atoms with Gasteiger partial charge >= 0.3 is 0 Å². The van der Waals surface area contributed by atoms with Gasteiger partial charge in [0.2, 0.25) is 0 Å². The molecule has 0 radical (unpaired) electrons. The standard InChI is InChI=1S/C21H21N3O4S/c1-15-14-29-20(23-15)9-5-6-12-22-21(25)18-13-16(24(26)27)10-11-19(18)28-17-7-3-2-4-8-17/h2-4,7-8,10-11,13-14H,5-6,9,12H2,1H3,(H,22,25). The molecule has 0 saturated carbocycles. The summed E-state index contributed by atoms with van der Waals surface area (Å²) in [5, 5.41) is 17.0. The molecule has 8 heteroatoms. The number of para-hydroxylation sites is 1. The fourth-order valence-corrected chi connectivity index (χ4v) is 3.55. The van der Waals surface area contributed by atoms with E-state index in [0.29, 0.717) is 12.3 Å². The molecule has 0 aliphatic heterocycles. The van der Waals surface area contributed by atoms with E-state index in [1.807, 2.05) is 30.5 Å². The molecule has 0 aliphatic carbocycles. The molecule has 0 bridgehead atoms. The average Bonchev–Trinajstić information content (AvgIpc) is 3.13. The zero-order valence-corrected chi connectivity index (χ0v) is 16.8. The molecule has 7 nitrogen and oxygen atoms in total. The van der Waals surface area contributed by atoms with E-state index in [4.69, 9.17) is 4.74 Å². The summed E-state index contributed by atoms with van der Waals surface area (Å²) in [5.74, 6) is 0.427. The fourth-order valence-electron chi connectivity index (χ4n) is 2.73. The summed E-state index contributed by atoms with van der Waals surface area (Å²) in [6, 6.07) is 13.0. The van der Waals surface area contributed by atoms with Crippen LogP contribution < -0.4 is 10.1 Å². The van der Waals surface area contributed by atoms with Crippen molar-refractivity contribution < 1.29 is 14.5 Å². The lowest BCUT2D eigenvalue weighted by molar-refractivity contribution is -0.384. The van der Waals surface area contributed by atoms with Crippen LogP contribution in [0.5, 0.6) is 11.5 Å². The second kappa shape index (κ2) is 9.79. The zero-order valence-electron chi connectivity index (χ0n) is 16.0. The van der Waals surface area contributed by atoms with Crippen LogP contribution in [0.3, 0.4) is 0 Å². The number of thiazole rings is 1. The van der Waals surface area contributed by atoms with Gasteiger partial charge in [0.25, 0.3) is 11.6 Å². The quantitative estimate of drug-likeness (QED) is 0.307. The van der Waals surface area contributed by atoms with Crippen LogP contribution in [0.4, 0.5) is 5.69 Å². The molecular formula is C21H21N3O4S. The Bertz CT molecular complexity index is 989. The number of aryl methyl sites for hydroxylation is 2. The second-order valence-corrected chi connectivity index (χ2v) is 7.39. The van der Waals surface area contributed by atoms with Crippen LogP contribution in [0, 0.1) is 17.0 Å². The van der Waals surface area contributed by atoms with Crippen molar-refractivity contribution in [2.45, 2.75) is 26.2 Å². The van der Waals surface area contributed by atoms with Crippen LogP contribution in [0.1, 0.15) is 33.9 Å². The Labute approximate surface area is 172 Å². The number of rotatable bonds is 9. The molecule has 0 atom stereocenters. The summed E-state index contributed by atoms with van der Waals surface area (Å²) < 4.78 is 5.76. The van der Waals surface area contributed by atoms with E-state index in [0.717, 1.165) is 30.0 Å². The number of nitro benzene ring substituents is 1. The molecule has 0 unspecified atom stereocenters. The number of carbonyl (C=O) groups is 1. The summed E-state index contributed by atoms with van der Waals surface area (Å²) in [5.41, 5.74) is 1.00. The third kappa shape index (κ3) is 5.86. The molecule has 1 N–H and O–H groups in total. The van der Waals surface area contributed by atoms with Gasteiger partial charge in [-0.05, 0) is 44.4 Å². The molecule has 0 fully saturated rings. The molecule has 29 heavy (non-hydrogen) atoms. The van der Waals surface area contributed by atoms with Gasteiger partial charge in [0.1, 0.15) is 11.5 Å². The molecule has 1 heterocycles. The predicted octanol–water partition coefficient (Wildman–Crippen LogP) is 4.90. The number of nitrogens with zero attached hydrogens (tertiary/aromatic N) is 2. The van der Waals surface area contributed by atoms with Crippen LogP contribution in [0.2, 0.25) is 0 Å². The molecule has 1 amide bonds. The van der Waals surface area contributed by atoms with E-state index >= 15 is 0 Å². The summed E-state index contributed by atoms with van der Waals surface area (Å²) in [6.07, 6.45) is 2.55. The van der Waals surface area contributed by atoms with Crippen molar-refractivity contribution in [2.24, 2.45) is 0 Å². The Kier molecular flexibility index (Phi) is 6.91. The maximum atomic E-state index is 12.6. The smallest absolute Gasteiger partial charge is 0.270 e. The third-order valence-electron chi connectivity index (χ3n) is 4.16. The molecule has 3 rings (SSSR count). The third-order valence-corrected chi connectivity index (χ3v) is 5.19. The lowest BCUT2D eigenvalue weighted by Gasteiger charge is -2.11. The number of unbranched alkanes of at least 4 members (excludes halogenated alkanes) is 1. The maximum Gasteiger partial charge on any atom is 0.270 e. The van der Waals surface area contributed by atoms with Crippen LogP contribution in [-0.4, -0.2) is 22.4 Å². The van der Waals surface area contributed by atoms with E-state index < -0.39 is 10.8 Å². The average molecular weight is 411 g/mol. The highest BCUT2D eigenvalue weighted by Gasteiger charge is 2.18. The van der Waals surface area contributed by atoms with E-state index in [1.165, 1.54) is 18.2 Å². The highest BCUT2D eigenvalue weighted by atomic mass is 32.1. The second-order valence-electron chi connectivity index (χ2n) is 6.45. The van der Waals surface area contributed by atoms with E-state index in [1.54, 1.807) is 23.5 Å². The number of non-ortho nitro benzene ring substituents is 1. The van der Waals surface area contributed by atoms with E-state index in [-0.39, 0.29) is 17.0 Å². The molecule has 150 valence electrons. The maximum absolute atomic E-state index is 12.6. The van der Waals surface area contributed by atoms with Crippen molar-refractivity contribution in [2.75, 3.05) is 6.54 Å². The molecule has 0 saturated heterocycles. The van der Waals surface area contributed by atoms with Gasteiger partial charge in [-0.2, -0.15) is 0 Å². The highest BCUT2D eigenvalue weighted by Crippen LogP contribution is 2.28. The van der Waals surface area contributed by atoms with Crippen LogP contribution in [0.25, 0.3) is 0 Å². The van der Waals surface area contributed by atoms with Crippen LogP contribution in [-0.2, 0) is 6.42 Å². The number of benzene rings is 2. The first kappa shape index (κ1) is 20.5. The summed E-state index contributed by atoms with van der Waals surface area (Å²) in [7, 11) is 0. The summed E-state index contributed by atoms with van der Waals surface area (Å²) in [4.78, 5) is 27.6. The Hall–Kier alpha value is -3.26. The van der Waals surface area contributed by atoms with Gasteiger partial charge in [-0.25, -0.2) is 4.98 Å². The van der Waals surface area contributed by atoms with Crippen LogP contribution in [0.15, 0.2) is 53.9 Å². The van der Waals surface area contributed by atoms with Gasteiger partial charge in [-0.15, -0.1) is 11.3 Å². The van der Waals surface area contributed by atoms with E-state index in [9.17, 15) is 14.9 Å². The number of nitro groups is 1. The summed E-state index contributed by atoms with van der Waals surface area (Å²) >= 11 is 1.64. The fraction of sp³-hybridized carbons (Fsp3) is 0.238. The largest absolute Gasteiger partial charge is 0.457 e. The van der Waals surface area contributed by atoms with Gasteiger partial charge in [0.15, 0.2) is 0 Å². The number of ether oxygens (including phenoxy) is 1. The first-order valence-corrected chi connectivity index (χ1v) is 10.1. The molecule has 0 aliphatic rings. The van der Waals surface area contributed by atoms with Crippen molar-refractivity contribution in [3.63, 3.8) is 0 Å². The van der Waals surface area contributed by atoms with Gasteiger partial charge in [-0.1, -0.05) is 18.2 Å². The monoisotopic (exact) mass is 411 g/mol. The van der Waals surface area contributed by atoms with Crippen molar-refractivity contribution in [3.8, 4) is 11.5 Å². The Balaban J connectivity index is 1.62. The molecule has 0 spiro atoms. The highest BCUT2D eigenvalue weighted by molar-refractivity contribution is 7.09. The van der Waals surface area contributed by atoms with Gasteiger partial charge < -0.3 is 10.1 Å². The van der Waals surface area contributed by atoms with Crippen molar-refractivity contribution in [3.05, 3.63) is 80.3 Å². The number of nitrogens with one attached hydrogen (secondary N) is 1. The Morgan fingerprint density at radius 2 is 2.00 bits per heavy atom. The topological polar surface area (TPSA) is 94.4 Å². The van der Waals surface area contributed by atoms with Crippen LogP contribution >= 0.6 is 11.3 Å². The van der Waals surface area contributed by atoms with Crippen molar-refractivity contribution in [1.82, 2.24) is 10.3 Å². The minimum Gasteiger partial charge on any atom is -0.457 e. The normalized spacial score (nSPS) is 10.5. The zero-order chi connectivity index (χ0) is 20.6. The molecular weight excluding hydrogens is 390 g/mol. The summed E-state index contributed by atoms with van der Waals surface area (Å²) in [6.45, 7) is 2.44. The number of aromatic nitrogens is 1. The molecule has 1 aromatic heterocycles. The van der Waals surface area contributed by atoms with E-state index in [2.05, 4.69) is 10.3 Å². The first-order valence-electron chi connectivity index (χ1n) is 9.23. The molecule has 2 aromatic carbocycles. The lowest BCUT2D eigenvalue weighted by Crippen LogP contribution is -2.25. The number of amides is 1. The Morgan fingerprint density at radius 1 is 1.21 bits per heavy atom. The number of hydrogen-bond donors (Lipinski definition) is 1. The Morgan fingerprint density at radius 3 is 2.69 bits per heavy atom. The first-order chi connectivity index (χ1) is 14.0. The van der Waals surface area contributed by atoms with Gasteiger partial charge in [0.05, 0.1) is 15.5 Å². The minimum atomic E-state index is -0.529. The lowest BCUT2D eigenvalue weighted by atomic mass is 10.1. The number of hydrogen-bond acceptors (Lipinski definition) is 6. The molecule has 3 aromatic rings. The van der Waals surface area contributed by atoms with Crippen molar-refractivity contribution >= 4 is 22.9 Å². The van der Waals surface area contributed by atoms with Crippen molar-refractivity contribution in [1.29, 1.82) is 0 Å².